The quantitative estimate of drug-likeness (QED) is 0.632. The number of fused-ring (bicyclic) bond motifs is 3. The first kappa shape index (κ1) is 14.2. The maximum Gasteiger partial charge on any atom is 0.0369 e. The third-order valence-electron chi connectivity index (χ3n) is 4.68. The van der Waals surface area contributed by atoms with Gasteiger partial charge in [0.25, 0.3) is 0 Å². The van der Waals surface area contributed by atoms with Gasteiger partial charge in [0.15, 0.2) is 0 Å². The number of rotatable bonds is 4. The molecule has 0 fully saturated rings. The number of anilines is 1. The normalized spacial score (nSPS) is 12.4. The molecular weight excluding hydrogens is 254 g/mol. The second-order valence-corrected chi connectivity index (χ2v) is 6.26. The minimum Gasteiger partial charge on any atom is -0.372 e. The summed E-state index contributed by atoms with van der Waals surface area (Å²) in [6.45, 7) is 11.1. The Morgan fingerprint density at radius 3 is 2.14 bits per heavy atom. The van der Waals surface area contributed by atoms with E-state index >= 15 is 0 Å². The second-order valence-electron chi connectivity index (χ2n) is 6.26. The van der Waals surface area contributed by atoms with E-state index < -0.39 is 0 Å². The molecule has 0 N–H and O–H groups in total. The van der Waals surface area contributed by atoms with Gasteiger partial charge in [-0.25, -0.2) is 0 Å². The van der Waals surface area contributed by atoms with Gasteiger partial charge in [0.05, 0.1) is 0 Å². The van der Waals surface area contributed by atoms with E-state index in [0.29, 0.717) is 5.92 Å². The summed E-state index contributed by atoms with van der Waals surface area (Å²) in [4.78, 5) is 2.42. The molecule has 0 unspecified atom stereocenters. The minimum absolute atomic E-state index is 0.602. The SMILES string of the molecule is CCN(CC)c1ccc2c(c1)Cc1cc(C(C)C)ccc1-2. The standard InChI is InChI=1S/C20H25N/c1-5-21(6-2)18-8-10-20-17(13-18)12-16-11-15(14(3)4)7-9-19(16)20/h7-11,13-14H,5-6,12H2,1-4H3. The smallest absolute Gasteiger partial charge is 0.0369 e. The lowest BCUT2D eigenvalue weighted by molar-refractivity contribution is 0.863. The largest absolute Gasteiger partial charge is 0.372 e. The number of hydrogen-bond acceptors (Lipinski definition) is 1. The summed E-state index contributed by atoms with van der Waals surface area (Å²) >= 11 is 0. The number of nitrogens with zero attached hydrogens (tertiary/aromatic N) is 1. The highest BCUT2D eigenvalue weighted by molar-refractivity contribution is 5.79. The van der Waals surface area contributed by atoms with Crippen LogP contribution in [0.15, 0.2) is 36.4 Å². The molecule has 3 rings (SSSR count). The summed E-state index contributed by atoms with van der Waals surface area (Å²) in [5.74, 6) is 0.602. The van der Waals surface area contributed by atoms with Crippen LogP contribution in [0.1, 0.15) is 50.3 Å². The van der Waals surface area contributed by atoms with Crippen molar-refractivity contribution in [1.82, 2.24) is 0 Å². The molecule has 0 spiro atoms. The van der Waals surface area contributed by atoms with Crippen LogP contribution in [0.25, 0.3) is 11.1 Å². The molecule has 110 valence electrons. The molecule has 0 radical (unpaired) electrons. The highest BCUT2D eigenvalue weighted by atomic mass is 15.1. The molecule has 0 atom stereocenters. The summed E-state index contributed by atoms with van der Waals surface area (Å²) in [6, 6.07) is 14.0. The first-order valence-electron chi connectivity index (χ1n) is 8.15. The third-order valence-corrected chi connectivity index (χ3v) is 4.68. The van der Waals surface area contributed by atoms with Crippen molar-refractivity contribution in [3.63, 3.8) is 0 Å². The summed E-state index contributed by atoms with van der Waals surface area (Å²) in [5, 5.41) is 0. The zero-order valence-electron chi connectivity index (χ0n) is 13.6. The average Bonchev–Trinajstić information content (AvgIpc) is 2.85. The van der Waals surface area contributed by atoms with E-state index in [-0.39, 0.29) is 0 Å². The molecule has 0 aromatic heterocycles. The topological polar surface area (TPSA) is 3.24 Å². The fourth-order valence-corrected chi connectivity index (χ4v) is 3.36. The second kappa shape index (κ2) is 5.55. The lowest BCUT2D eigenvalue weighted by Crippen LogP contribution is -2.21. The van der Waals surface area contributed by atoms with Crippen LogP contribution in [-0.2, 0) is 6.42 Å². The van der Waals surface area contributed by atoms with Crippen LogP contribution in [-0.4, -0.2) is 13.1 Å². The summed E-state index contributed by atoms with van der Waals surface area (Å²) < 4.78 is 0. The maximum atomic E-state index is 2.42. The molecule has 2 aromatic carbocycles. The summed E-state index contributed by atoms with van der Waals surface area (Å²) in [5.41, 5.74) is 8.64. The van der Waals surface area contributed by atoms with Gasteiger partial charge in [-0.1, -0.05) is 38.1 Å². The molecule has 0 heterocycles. The first-order chi connectivity index (χ1) is 10.1. The van der Waals surface area contributed by atoms with Crippen LogP contribution in [0.4, 0.5) is 5.69 Å². The van der Waals surface area contributed by atoms with Crippen molar-refractivity contribution >= 4 is 5.69 Å². The molecule has 2 aromatic rings. The van der Waals surface area contributed by atoms with Gasteiger partial charge in [-0.2, -0.15) is 0 Å². The van der Waals surface area contributed by atoms with Crippen molar-refractivity contribution in [2.75, 3.05) is 18.0 Å². The van der Waals surface area contributed by atoms with Gasteiger partial charge < -0.3 is 4.90 Å². The summed E-state index contributed by atoms with van der Waals surface area (Å²) in [7, 11) is 0. The van der Waals surface area contributed by atoms with Gasteiger partial charge in [0, 0.05) is 18.8 Å². The van der Waals surface area contributed by atoms with E-state index in [9.17, 15) is 0 Å². The van der Waals surface area contributed by atoms with Gasteiger partial charge in [0.1, 0.15) is 0 Å². The Kier molecular flexibility index (Phi) is 3.75. The van der Waals surface area contributed by atoms with Gasteiger partial charge in [0.2, 0.25) is 0 Å². The molecule has 0 saturated heterocycles. The predicted molar refractivity (Wildman–Crippen MR) is 92.3 cm³/mol. The van der Waals surface area contributed by atoms with Crippen molar-refractivity contribution in [3.8, 4) is 11.1 Å². The summed E-state index contributed by atoms with van der Waals surface area (Å²) in [6.07, 6.45) is 1.08. The van der Waals surface area contributed by atoms with E-state index in [4.69, 9.17) is 0 Å². The minimum atomic E-state index is 0.602. The van der Waals surface area contributed by atoms with E-state index in [1.807, 2.05) is 0 Å². The predicted octanol–water partition coefficient (Wildman–Crippen LogP) is 5.23. The molecule has 1 aliphatic rings. The number of benzene rings is 2. The molecule has 21 heavy (non-hydrogen) atoms. The van der Waals surface area contributed by atoms with E-state index in [2.05, 4.69) is 69.0 Å². The van der Waals surface area contributed by atoms with Crippen molar-refractivity contribution in [2.24, 2.45) is 0 Å². The van der Waals surface area contributed by atoms with Crippen LogP contribution >= 0.6 is 0 Å². The Bertz CT molecular complexity index is 651. The monoisotopic (exact) mass is 279 g/mol. The molecular formula is C20H25N. The Morgan fingerprint density at radius 1 is 0.905 bits per heavy atom. The molecule has 0 aliphatic heterocycles. The fraction of sp³-hybridized carbons (Fsp3) is 0.400. The van der Waals surface area contributed by atoms with Crippen molar-refractivity contribution < 1.29 is 0 Å². The Hall–Kier alpha value is -1.76. The average molecular weight is 279 g/mol. The zero-order valence-corrected chi connectivity index (χ0v) is 13.6. The molecule has 0 amide bonds. The maximum absolute atomic E-state index is 2.42. The van der Waals surface area contributed by atoms with Crippen molar-refractivity contribution in [3.05, 3.63) is 53.1 Å². The van der Waals surface area contributed by atoms with Gasteiger partial charge in [-0.05, 0) is 66.1 Å². The lowest BCUT2D eigenvalue weighted by atomic mass is 9.97. The van der Waals surface area contributed by atoms with Crippen LogP contribution in [0.3, 0.4) is 0 Å². The van der Waals surface area contributed by atoms with Crippen LogP contribution < -0.4 is 4.90 Å². The van der Waals surface area contributed by atoms with Crippen molar-refractivity contribution in [2.45, 2.75) is 40.0 Å². The molecule has 1 heteroatoms. The van der Waals surface area contributed by atoms with Crippen molar-refractivity contribution in [1.29, 1.82) is 0 Å². The Morgan fingerprint density at radius 2 is 1.52 bits per heavy atom. The highest BCUT2D eigenvalue weighted by Gasteiger charge is 2.20. The van der Waals surface area contributed by atoms with Gasteiger partial charge in [-0.3, -0.25) is 0 Å². The fourth-order valence-electron chi connectivity index (χ4n) is 3.36. The molecule has 0 bridgehead atoms. The van der Waals surface area contributed by atoms with Crippen LogP contribution in [0.5, 0.6) is 0 Å². The zero-order chi connectivity index (χ0) is 15.0. The Balaban J connectivity index is 1.99. The third kappa shape index (κ3) is 2.46. The van der Waals surface area contributed by atoms with Gasteiger partial charge >= 0.3 is 0 Å². The van der Waals surface area contributed by atoms with Gasteiger partial charge in [-0.15, -0.1) is 0 Å². The van der Waals surface area contributed by atoms with E-state index in [1.165, 1.54) is 33.5 Å². The lowest BCUT2D eigenvalue weighted by Gasteiger charge is -2.21. The van der Waals surface area contributed by atoms with E-state index in [1.54, 1.807) is 0 Å². The van der Waals surface area contributed by atoms with Crippen LogP contribution in [0.2, 0.25) is 0 Å². The Labute approximate surface area is 128 Å². The molecule has 1 nitrogen and oxygen atoms in total. The van der Waals surface area contributed by atoms with E-state index in [0.717, 1.165) is 19.5 Å². The first-order valence-corrected chi connectivity index (χ1v) is 8.15. The molecule has 0 saturated carbocycles. The van der Waals surface area contributed by atoms with Crippen LogP contribution in [0, 0.1) is 0 Å². The molecule has 1 aliphatic carbocycles. The highest BCUT2D eigenvalue weighted by Crippen LogP contribution is 2.39. The number of hydrogen-bond donors (Lipinski definition) is 0.